The molecule has 0 aromatic heterocycles. The predicted octanol–water partition coefficient (Wildman–Crippen LogP) is 3.42. The molecule has 0 aliphatic heterocycles. The van der Waals surface area contributed by atoms with Crippen molar-refractivity contribution in [2.45, 2.75) is 51.7 Å². The summed E-state index contributed by atoms with van der Waals surface area (Å²) in [5, 5.41) is 0. The minimum Gasteiger partial charge on any atom is -0.369 e. The maximum absolute atomic E-state index is 6.17. The smallest absolute Gasteiger partial charge is 0.0808 e. The zero-order chi connectivity index (χ0) is 13.0. The van der Waals surface area contributed by atoms with Gasteiger partial charge in [0.1, 0.15) is 0 Å². The second-order valence-corrected chi connectivity index (χ2v) is 5.84. The van der Waals surface area contributed by atoms with Crippen LogP contribution in [0.1, 0.15) is 43.7 Å². The third-order valence-electron chi connectivity index (χ3n) is 4.22. The van der Waals surface area contributed by atoms with Gasteiger partial charge in [0.15, 0.2) is 0 Å². The quantitative estimate of drug-likeness (QED) is 0.885. The third kappa shape index (κ3) is 3.33. The molecule has 2 heteroatoms. The van der Waals surface area contributed by atoms with Crippen molar-refractivity contribution in [3.05, 3.63) is 35.4 Å². The Balaban J connectivity index is 1.92. The van der Waals surface area contributed by atoms with Crippen LogP contribution in [0.4, 0.5) is 0 Å². The number of nitrogens with two attached hydrogens (primary N) is 1. The normalized spacial score (nSPS) is 28.3. The summed E-state index contributed by atoms with van der Waals surface area (Å²) < 4.78 is 6.17. The molecule has 0 bridgehead atoms. The molecule has 2 rings (SSSR count). The van der Waals surface area contributed by atoms with Gasteiger partial charge in [0.2, 0.25) is 0 Å². The lowest BCUT2D eigenvalue weighted by Gasteiger charge is -2.38. The van der Waals surface area contributed by atoms with Gasteiger partial charge >= 0.3 is 0 Å². The molecule has 100 valence electrons. The molecule has 1 saturated carbocycles. The van der Waals surface area contributed by atoms with E-state index in [0.29, 0.717) is 13.2 Å². The van der Waals surface area contributed by atoms with Crippen LogP contribution in [0.5, 0.6) is 0 Å². The highest BCUT2D eigenvalue weighted by molar-refractivity contribution is 5.20. The highest BCUT2D eigenvalue weighted by Gasteiger charge is 2.33. The van der Waals surface area contributed by atoms with Crippen molar-refractivity contribution in [1.82, 2.24) is 0 Å². The number of rotatable bonds is 4. The number of benzene rings is 1. The van der Waals surface area contributed by atoms with Crippen LogP contribution >= 0.6 is 0 Å². The Labute approximate surface area is 111 Å². The van der Waals surface area contributed by atoms with Gasteiger partial charge in [-0.2, -0.15) is 0 Å². The molecule has 0 heterocycles. The SMILES string of the molecule is Cc1ccc(COC2(CN)CCC(C)CC2)cc1. The average molecular weight is 247 g/mol. The molecule has 1 aliphatic carbocycles. The molecule has 2 N–H and O–H groups in total. The highest BCUT2D eigenvalue weighted by Crippen LogP contribution is 2.34. The predicted molar refractivity (Wildman–Crippen MR) is 75.4 cm³/mol. The van der Waals surface area contributed by atoms with E-state index < -0.39 is 0 Å². The molecule has 0 radical (unpaired) electrons. The lowest BCUT2D eigenvalue weighted by atomic mass is 9.79. The zero-order valence-electron chi connectivity index (χ0n) is 11.6. The van der Waals surface area contributed by atoms with Crippen LogP contribution in [0, 0.1) is 12.8 Å². The van der Waals surface area contributed by atoms with Gasteiger partial charge in [-0.25, -0.2) is 0 Å². The zero-order valence-corrected chi connectivity index (χ0v) is 11.6. The van der Waals surface area contributed by atoms with E-state index in [1.54, 1.807) is 0 Å². The molecule has 0 unspecified atom stereocenters. The summed E-state index contributed by atoms with van der Waals surface area (Å²) >= 11 is 0. The van der Waals surface area contributed by atoms with Crippen molar-refractivity contribution >= 4 is 0 Å². The highest BCUT2D eigenvalue weighted by atomic mass is 16.5. The van der Waals surface area contributed by atoms with Crippen LogP contribution in [0.3, 0.4) is 0 Å². The maximum Gasteiger partial charge on any atom is 0.0808 e. The van der Waals surface area contributed by atoms with Crippen molar-refractivity contribution < 1.29 is 4.74 Å². The van der Waals surface area contributed by atoms with Crippen LogP contribution in [0.2, 0.25) is 0 Å². The van der Waals surface area contributed by atoms with Gasteiger partial charge in [-0.1, -0.05) is 36.8 Å². The minimum absolute atomic E-state index is 0.0720. The lowest BCUT2D eigenvalue weighted by molar-refractivity contribution is -0.0799. The van der Waals surface area contributed by atoms with Crippen molar-refractivity contribution in [3.8, 4) is 0 Å². The summed E-state index contributed by atoms with van der Waals surface area (Å²) in [6, 6.07) is 8.56. The first-order valence-electron chi connectivity index (χ1n) is 7.03. The topological polar surface area (TPSA) is 35.2 Å². The third-order valence-corrected chi connectivity index (χ3v) is 4.22. The molecule has 2 nitrogen and oxygen atoms in total. The van der Waals surface area contributed by atoms with E-state index in [4.69, 9.17) is 10.5 Å². The van der Waals surface area contributed by atoms with Gasteiger partial charge in [-0.05, 0) is 44.1 Å². The Kier molecular flexibility index (Phi) is 4.41. The summed E-state index contributed by atoms with van der Waals surface area (Å²) in [5.41, 5.74) is 8.41. The fourth-order valence-electron chi connectivity index (χ4n) is 2.62. The van der Waals surface area contributed by atoms with Crippen LogP contribution in [-0.2, 0) is 11.3 Å². The number of aryl methyl sites for hydroxylation is 1. The van der Waals surface area contributed by atoms with Crippen molar-refractivity contribution in [3.63, 3.8) is 0 Å². The fraction of sp³-hybridized carbons (Fsp3) is 0.625. The second-order valence-electron chi connectivity index (χ2n) is 5.84. The average Bonchev–Trinajstić information content (AvgIpc) is 2.41. The largest absolute Gasteiger partial charge is 0.369 e. The molecule has 1 aliphatic rings. The Morgan fingerprint density at radius 2 is 1.83 bits per heavy atom. The Morgan fingerprint density at radius 3 is 2.39 bits per heavy atom. The van der Waals surface area contributed by atoms with Crippen LogP contribution in [0.25, 0.3) is 0 Å². The van der Waals surface area contributed by atoms with Gasteiger partial charge in [0, 0.05) is 6.54 Å². The molecule has 0 spiro atoms. The molecule has 1 aromatic carbocycles. The summed E-state index contributed by atoms with van der Waals surface area (Å²) in [5.74, 6) is 0.827. The van der Waals surface area contributed by atoms with Crippen molar-refractivity contribution in [2.75, 3.05) is 6.54 Å². The monoisotopic (exact) mass is 247 g/mol. The Hall–Kier alpha value is -0.860. The van der Waals surface area contributed by atoms with E-state index in [1.807, 2.05) is 0 Å². The molecule has 18 heavy (non-hydrogen) atoms. The van der Waals surface area contributed by atoms with E-state index in [2.05, 4.69) is 38.1 Å². The summed E-state index contributed by atoms with van der Waals surface area (Å²) in [4.78, 5) is 0. The molecule has 1 fully saturated rings. The lowest BCUT2D eigenvalue weighted by Crippen LogP contribution is -2.43. The van der Waals surface area contributed by atoms with Gasteiger partial charge in [-0.15, -0.1) is 0 Å². The van der Waals surface area contributed by atoms with Gasteiger partial charge in [0.05, 0.1) is 12.2 Å². The van der Waals surface area contributed by atoms with Gasteiger partial charge in [-0.3, -0.25) is 0 Å². The Morgan fingerprint density at radius 1 is 1.22 bits per heavy atom. The van der Waals surface area contributed by atoms with Crippen LogP contribution in [0.15, 0.2) is 24.3 Å². The Bertz CT molecular complexity index is 363. The first-order valence-corrected chi connectivity index (χ1v) is 7.03. The summed E-state index contributed by atoms with van der Waals surface area (Å²) in [7, 11) is 0. The van der Waals surface area contributed by atoms with E-state index >= 15 is 0 Å². The molecule has 0 amide bonds. The van der Waals surface area contributed by atoms with E-state index in [0.717, 1.165) is 18.8 Å². The molecular weight excluding hydrogens is 222 g/mol. The molecule has 1 aromatic rings. The minimum atomic E-state index is -0.0720. The number of hydrogen-bond acceptors (Lipinski definition) is 2. The van der Waals surface area contributed by atoms with Crippen molar-refractivity contribution in [1.29, 1.82) is 0 Å². The number of ether oxygens (including phenoxy) is 1. The van der Waals surface area contributed by atoms with E-state index in [-0.39, 0.29) is 5.60 Å². The van der Waals surface area contributed by atoms with E-state index in [9.17, 15) is 0 Å². The summed E-state index contributed by atoms with van der Waals surface area (Å²) in [6.07, 6.45) is 4.70. The van der Waals surface area contributed by atoms with E-state index in [1.165, 1.54) is 24.0 Å². The molecular formula is C16H25NO. The first-order chi connectivity index (χ1) is 8.63. The fourth-order valence-corrected chi connectivity index (χ4v) is 2.62. The first kappa shape index (κ1) is 13.6. The molecule has 0 saturated heterocycles. The van der Waals surface area contributed by atoms with Crippen LogP contribution in [-0.4, -0.2) is 12.1 Å². The number of hydrogen-bond donors (Lipinski definition) is 1. The van der Waals surface area contributed by atoms with Gasteiger partial charge < -0.3 is 10.5 Å². The second kappa shape index (κ2) is 5.85. The van der Waals surface area contributed by atoms with Crippen molar-refractivity contribution in [2.24, 2.45) is 11.7 Å². The maximum atomic E-state index is 6.17. The van der Waals surface area contributed by atoms with Crippen LogP contribution < -0.4 is 5.73 Å². The molecule has 0 atom stereocenters. The van der Waals surface area contributed by atoms with Gasteiger partial charge in [0.25, 0.3) is 0 Å². The summed E-state index contributed by atoms with van der Waals surface area (Å²) in [6.45, 7) is 5.76. The standard InChI is InChI=1S/C16H25NO/c1-13-3-5-15(6-4-13)11-18-16(12-17)9-7-14(2)8-10-16/h3-6,14H,7-12,17H2,1-2H3.